The molecule has 1 aliphatic rings. The molecule has 0 saturated heterocycles. The van der Waals surface area contributed by atoms with Crippen LogP contribution in [0.4, 0.5) is 5.69 Å². The Bertz CT molecular complexity index is 1050. The monoisotopic (exact) mass is 361 g/mol. The van der Waals surface area contributed by atoms with Gasteiger partial charge in [-0.15, -0.1) is 0 Å². The van der Waals surface area contributed by atoms with Crippen molar-refractivity contribution in [3.63, 3.8) is 0 Å². The number of anilines is 1. The number of aromatic nitrogens is 1. The number of nitrogens with one attached hydrogen (secondary N) is 1. The highest BCUT2D eigenvalue weighted by molar-refractivity contribution is 5.84. The maximum Gasteiger partial charge on any atom is 0.214 e. The van der Waals surface area contributed by atoms with Crippen LogP contribution in [0.15, 0.2) is 66.5 Å². The number of H-pyrrole nitrogens is 1. The highest BCUT2D eigenvalue weighted by atomic mass is 16.6. The molecule has 0 amide bonds. The second-order valence-electron chi connectivity index (χ2n) is 7.66. The maximum atomic E-state index is 11.4. The molecule has 1 aromatic heterocycles. The van der Waals surface area contributed by atoms with Gasteiger partial charge in [-0.3, -0.25) is 10.1 Å². The molecule has 0 fully saturated rings. The van der Waals surface area contributed by atoms with Gasteiger partial charge >= 0.3 is 0 Å². The van der Waals surface area contributed by atoms with Crippen molar-refractivity contribution in [2.45, 2.75) is 25.2 Å². The molecule has 0 saturated carbocycles. The lowest BCUT2D eigenvalue weighted by Crippen LogP contribution is -2.24. The number of likely N-dealkylation sites (N-methyl/N-ethyl adjacent to an activating group) is 1. The Hall–Kier alpha value is -3.08. The molecular formula is C22H23N3O2. The molecule has 0 spiro atoms. The van der Waals surface area contributed by atoms with Crippen molar-refractivity contribution in [2.24, 2.45) is 0 Å². The van der Waals surface area contributed by atoms with Crippen LogP contribution in [0.5, 0.6) is 0 Å². The van der Waals surface area contributed by atoms with Crippen molar-refractivity contribution in [1.82, 2.24) is 4.98 Å². The van der Waals surface area contributed by atoms with E-state index in [4.69, 9.17) is 0 Å². The summed E-state index contributed by atoms with van der Waals surface area (Å²) in [6.07, 6.45) is 3.99. The van der Waals surface area contributed by atoms with Gasteiger partial charge in [0.15, 0.2) is 0 Å². The standard InChI is InChI=1S/C22H23N3O2/c1-22(2)18-9-5-7-11-20(18)24(3)21(22)12-15(14-25(26)27)17-13-23-19-10-6-4-8-16(17)19/h4-13,15,23H,14H2,1-3H3/b21-12+/t15-/m1/s1. The molecule has 0 aliphatic carbocycles. The van der Waals surface area contributed by atoms with E-state index in [0.29, 0.717) is 0 Å². The first kappa shape index (κ1) is 17.3. The van der Waals surface area contributed by atoms with Crippen molar-refractivity contribution < 1.29 is 4.92 Å². The zero-order valence-corrected chi connectivity index (χ0v) is 15.8. The van der Waals surface area contributed by atoms with Crippen LogP contribution >= 0.6 is 0 Å². The first-order chi connectivity index (χ1) is 12.9. The third-order valence-electron chi connectivity index (χ3n) is 5.67. The Morgan fingerprint density at radius 2 is 1.89 bits per heavy atom. The number of allylic oxidation sites excluding steroid dienone is 1. The molecule has 3 aromatic rings. The van der Waals surface area contributed by atoms with Crippen LogP contribution in [0.3, 0.4) is 0 Å². The van der Waals surface area contributed by atoms with E-state index in [-0.39, 0.29) is 22.8 Å². The molecule has 5 heteroatoms. The van der Waals surface area contributed by atoms with Gasteiger partial charge in [-0.25, -0.2) is 0 Å². The average molecular weight is 361 g/mol. The number of nitro groups is 1. The molecule has 27 heavy (non-hydrogen) atoms. The molecule has 2 aromatic carbocycles. The van der Waals surface area contributed by atoms with E-state index in [2.05, 4.69) is 41.9 Å². The topological polar surface area (TPSA) is 62.2 Å². The lowest BCUT2D eigenvalue weighted by molar-refractivity contribution is -0.481. The van der Waals surface area contributed by atoms with Gasteiger partial charge in [-0.05, 0) is 29.3 Å². The molecule has 1 atom stereocenters. The number of nitrogens with zero attached hydrogens (tertiary/aromatic N) is 2. The van der Waals surface area contributed by atoms with E-state index in [1.165, 1.54) is 5.56 Å². The summed E-state index contributed by atoms with van der Waals surface area (Å²) in [5.41, 5.74) is 5.27. The normalized spacial score (nSPS) is 18.0. The quantitative estimate of drug-likeness (QED) is 0.534. The molecule has 5 nitrogen and oxygen atoms in total. The van der Waals surface area contributed by atoms with E-state index in [0.717, 1.165) is 27.9 Å². The summed E-state index contributed by atoms with van der Waals surface area (Å²) in [4.78, 5) is 16.6. The van der Waals surface area contributed by atoms with E-state index in [9.17, 15) is 10.1 Å². The Morgan fingerprint density at radius 1 is 1.19 bits per heavy atom. The first-order valence-corrected chi connectivity index (χ1v) is 9.13. The second-order valence-corrected chi connectivity index (χ2v) is 7.66. The fraction of sp³-hybridized carbons (Fsp3) is 0.273. The van der Waals surface area contributed by atoms with Crippen LogP contribution < -0.4 is 4.90 Å². The number of hydrogen-bond donors (Lipinski definition) is 1. The van der Waals surface area contributed by atoms with E-state index >= 15 is 0 Å². The zero-order valence-electron chi connectivity index (χ0n) is 15.8. The second kappa shape index (κ2) is 6.27. The fourth-order valence-electron chi connectivity index (χ4n) is 4.29. The molecule has 0 radical (unpaired) electrons. The van der Waals surface area contributed by atoms with Crippen LogP contribution in [0.2, 0.25) is 0 Å². The van der Waals surface area contributed by atoms with Gasteiger partial charge < -0.3 is 9.88 Å². The van der Waals surface area contributed by atoms with E-state index in [1.54, 1.807) is 0 Å². The summed E-state index contributed by atoms with van der Waals surface area (Å²) in [5.74, 6) is -0.304. The lowest BCUT2D eigenvalue weighted by Gasteiger charge is -2.25. The summed E-state index contributed by atoms with van der Waals surface area (Å²) in [5, 5.41) is 12.5. The van der Waals surface area contributed by atoms with Crippen molar-refractivity contribution in [2.75, 3.05) is 18.5 Å². The minimum Gasteiger partial charge on any atom is -0.361 e. The SMILES string of the molecule is CN1/C(=C/[C@H](C[N+](=O)[O-])c2c[nH]c3ccccc23)C(C)(C)c2ccccc21. The first-order valence-electron chi connectivity index (χ1n) is 9.13. The molecule has 1 aliphatic heterocycles. The molecule has 2 heterocycles. The number of fused-ring (bicyclic) bond motifs is 2. The molecular weight excluding hydrogens is 338 g/mol. The Balaban J connectivity index is 1.84. The largest absolute Gasteiger partial charge is 0.361 e. The summed E-state index contributed by atoms with van der Waals surface area (Å²) in [6, 6.07) is 16.3. The van der Waals surface area contributed by atoms with Crippen molar-refractivity contribution in [1.29, 1.82) is 0 Å². The predicted octanol–water partition coefficient (Wildman–Crippen LogP) is 4.84. The zero-order chi connectivity index (χ0) is 19.2. The smallest absolute Gasteiger partial charge is 0.214 e. The summed E-state index contributed by atoms with van der Waals surface area (Å²) >= 11 is 0. The van der Waals surface area contributed by atoms with E-state index in [1.807, 2.05) is 49.6 Å². The fourth-order valence-corrected chi connectivity index (χ4v) is 4.29. The van der Waals surface area contributed by atoms with Gasteiger partial charge in [0, 0.05) is 45.9 Å². The number of benzene rings is 2. The van der Waals surface area contributed by atoms with Crippen molar-refractivity contribution in [3.8, 4) is 0 Å². The van der Waals surface area contributed by atoms with Crippen LogP contribution in [0.1, 0.15) is 30.9 Å². The third-order valence-corrected chi connectivity index (χ3v) is 5.67. The Morgan fingerprint density at radius 3 is 2.63 bits per heavy atom. The highest BCUT2D eigenvalue weighted by Crippen LogP contribution is 2.47. The van der Waals surface area contributed by atoms with Crippen LogP contribution in [0.25, 0.3) is 10.9 Å². The van der Waals surface area contributed by atoms with Crippen LogP contribution in [0, 0.1) is 10.1 Å². The van der Waals surface area contributed by atoms with Crippen LogP contribution in [-0.4, -0.2) is 23.5 Å². The van der Waals surface area contributed by atoms with Crippen molar-refractivity contribution in [3.05, 3.63) is 87.7 Å². The van der Waals surface area contributed by atoms with Crippen LogP contribution in [-0.2, 0) is 5.41 Å². The summed E-state index contributed by atoms with van der Waals surface area (Å²) < 4.78 is 0. The molecule has 1 N–H and O–H groups in total. The molecule has 4 rings (SSSR count). The van der Waals surface area contributed by atoms with Gasteiger partial charge in [0.25, 0.3) is 0 Å². The Labute approximate surface area is 158 Å². The molecule has 138 valence electrons. The highest BCUT2D eigenvalue weighted by Gasteiger charge is 2.39. The number of para-hydroxylation sites is 2. The number of aromatic amines is 1. The number of hydrogen-bond acceptors (Lipinski definition) is 3. The molecule has 0 bridgehead atoms. The average Bonchev–Trinajstić information content (AvgIpc) is 3.15. The summed E-state index contributed by atoms with van der Waals surface area (Å²) in [6.45, 7) is 4.23. The van der Waals surface area contributed by atoms with Gasteiger partial charge in [0.2, 0.25) is 6.54 Å². The van der Waals surface area contributed by atoms with Gasteiger partial charge in [0.05, 0.1) is 5.92 Å². The molecule has 0 unspecified atom stereocenters. The third kappa shape index (κ3) is 2.79. The lowest BCUT2D eigenvalue weighted by atomic mass is 9.82. The minimum absolute atomic E-state index is 0.133. The van der Waals surface area contributed by atoms with Crippen molar-refractivity contribution >= 4 is 16.6 Å². The van der Waals surface area contributed by atoms with Gasteiger partial charge in [-0.1, -0.05) is 50.2 Å². The number of rotatable bonds is 4. The van der Waals surface area contributed by atoms with Gasteiger partial charge in [0.1, 0.15) is 0 Å². The van der Waals surface area contributed by atoms with E-state index < -0.39 is 0 Å². The Kier molecular flexibility index (Phi) is 4.02. The maximum absolute atomic E-state index is 11.4. The van der Waals surface area contributed by atoms with Gasteiger partial charge in [-0.2, -0.15) is 0 Å². The predicted molar refractivity (Wildman–Crippen MR) is 109 cm³/mol. The minimum atomic E-state index is -0.304. The summed E-state index contributed by atoms with van der Waals surface area (Å²) in [7, 11) is 2.04.